The number of carbonyl (C=O) groups excluding carboxylic acids is 2. The molecule has 0 spiro atoms. The number of hydrogen-bond donors (Lipinski definition) is 1. The van der Waals surface area contributed by atoms with Gasteiger partial charge < -0.3 is 10.1 Å². The highest BCUT2D eigenvalue weighted by Crippen LogP contribution is 2.19. The van der Waals surface area contributed by atoms with Gasteiger partial charge in [0.05, 0.1) is 6.10 Å². The molecule has 2 rings (SSSR count). The standard InChI is InChI=1S/C12H16N2O3S/c1-8(15)10-7-18-12(13-10)14-11(16)5-4-9-3-2-6-17-9/h7,9H,2-6H2,1H3,(H,13,14,16). The minimum atomic E-state index is -0.0916. The number of thiazole rings is 1. The molecule has 0 bridgehead atoms. The van der Waals surface area contributed by atoms with Gasteiger partial charge in [0.15, 0.2) is 10.9 Å². The van der Waals surface area contributed by atoms with Gasteiger partial charge in [-0.2, -0.15) is 0 Å². The van der Waals surface area contributed by atoms with Crippen molar-refractivity contribution in [3.63, 3.8) is 0 Å². The van der Waals surface area contributed by atoms with Gasteiger partial charge in [0.2, 0.25) is 5.91 Å². The van der Waals surface area contributed by atoms with Crippen LogP contribution in [0, 0.1) is 0 Å². The number of hydrogen-bond acceptors (Lipinski definition) is 5. The van der Waals surface area contributed by atoms with Crippen molar-refractivity contribution in [3.05, 3.63) is 11.1 Å². The number of ether oxygens (including phenoxy) is 1. The Balaban J connectivity index is 1.77. The molecule has 5 nitrogen and oxygen atoms in total. The van der Waals surface area contributed by atoms with Crippen molar-refractivity contribution in [2.75, 3.05) is 11.9 Å². The van der Waals surface area contributed by atoms with E-state index in [1.54, 1.807) is 5.38 Å². The molecular formula is C12H16N2O3S. The van der Waals surface area contributed by atoms with Crippen LogP contribution in [0.15, 0.2) is 5.38 Å². The van der Waals surface area contributed by atoms with Crippen LogP contribution >= 0.6 is 11.3 Å². The normalized spacial score (nSPS) is 18.8. The van der Waals surface area contributed by atoms with Crippen molar-refractivity contribution in [1.82, 2.24) is 4.98 Å². The van der Waals surface area contributed by atoms with Crippen LogP contribution in [0.5, 0.6) is 0 Å². The second-order valence-electron chi connectivity index (χ2n) is 4.32. The maximum absolute atomic E-state index is 11.7. The molecule has 1 saturated heterocycles. The summed E-state index contributed by atoms with van der Waals surface area (Å²) in [6.07, 6.45) is 3.52. The van der Waals surface area contributed by atoms with Gasteiger partial charge in [-0.25, -0.2) is 4.98 Å². The van der Waals surface area contributed by atoms with Crippen molar-refractivity contribution in [1.29, 1.82) is 0 Å². The molecule has 1 aromatic heterocycles. The van der Waals surface area contributed by atoms with Crippen molar-refractivity contribution in [3.8, 4) is 0 Å². The molecule has 1 aliphatic heterocycles. The van der Waals surface area contributed by atoms with Crippen LogP contribution in [-0.4, -0.2) is 29.4 Å². The lowest BCUT2D eigenvalue weighted by Crippen LogP contribution is -2.15. The number of ketones is 1. The third-order valence-electron chi connectivity index (χ3n) is 2.83. The number of amides is 1. The second-order valence-corrected chi connectivity index (χ2v) is 5.17. The minimum absolute atomic E-state index is 0.0741. The van der Waals surface area contributed by atoms with Gasteiger partial charge in [0.1, 0.15) is 5.69 Å². The summed E-state index contributed by atoms with van der Waals surface area (Å²) in [6.45, 7) is 2.26. The molecule has 0 saturated carbocycles. The molecule has 1 aromatic rings. The lowest BCUT2D eigenvalue weighted by atomic mass is 10.1. The van der Waals surface area contributed by atoms with Crippen LogP contribution in [0.3, 0.4) is 0 Å². The molecule has 18 heavy (non-hydrogen) atoms. The van der Waals surface area contributed by atoms with E-state index >= 15 is 0 Å². The van der Waals surface area contributed by atoms with Gasteiger partial charge in [-0.15, -0.1) is 11.3 Å². The van der Waals surface area contributed by atoms with E-state index in [2.05, 4.69) is 10.3 Å². The summed E-state index contributed by atoms with van der Waals surface area (Å²) in [5, 5.41) is 4.84. The van der Waals surface area contributed by atoms with Gasteiger partial charge in [0.25, 0.3) is 0 Å². The molecule has 6 heteroatoms. The van der Waals surface area contributed by atoms with Crippen molar-refractivity contribution >= 4 is 28.2 Å². The number of nitrogens with zero attached hydrogens (tertiary/aromatic N) is 1. The summed E-state index contributed by atoms with van der Waals surface area (Å²) in [5.74, 6) is -0.166. The zero-order valence-electron chi connectivity index (χ0n) is 10.3. The Hall–Kier alpha value is -1.27. The average molecular weight is 268 g/mol. The Morgan fingerprint density at radius 2 is 2.44 bits per heavy atom. The van der Waals surface area contributed by atoms with Gasteiger partial charge in [-0.1, -0.05) is 0 Å². The monoisotopic (exact) mass is 268 g/mol. The summed E-state index contributed by atoms with van der Waals surface area (Å²) in [5.41, 5.74) is 0.398. The average Bonchev–Trinajstić information content (AvgIpc) is 2.96. The molecule has 1 atom stereocenters. The fourth-order valence-electron chi connectivity index (χ4n) is 1.84. The van der Waals surface area contributed by atoms with Crippen LogP contribution in [0.4, 0.5) is 5.13 Å². The van der Waals surface area contributed by atoms with Crippen molar-refractivity contribution in [2.24, 2.45) is 0 Å². The molecule has 0 aromatic carbocycles. The summed E-state index contributed by atoms with van der Waals surface area (Å²) in [6, 6.07) is 0. The van der Waals surface area contributed by atoms with Crippen LogP contribution in [0.1, 0.15) is 43.1 Å². The number of rotatable bonds is 5. The number of Topliss-reactive ketones (excluding diaryl/α,β-unsaturated/α-hetero) is 1. The largest absolute Gasteiger partial charge is 0.378 e. The zero-order valence-corrected chi connectivity index (χ0v) is 11.1. The van der Waals surface area contributed by atoms with E-state index < -0.39 is 0 Å². The predicted octanol–water partition coefficient (Wildman–Crippen LogP) is 2.24. The molecule has 0 aliphatic carbocycles. The first kappa shape index (κ1) is 13.2. The number of nitrogens with one attached hydrogen (secondary N) is 1. The van der Waals surface area contributed by atoms with E-state index in [1.807, 2.05) is 0 Å². The molecule has 1 aliphatic rings. The maximum Gasteiger partial charge on any atom is 0.226 e. The molecule has 1 fully saturated rings. The quantitative estimate of drug-likeness (QED) is 0.832. The maximum atomic E-state index is 11.7. The van der Waals surface area contributed by atoms with Crippen LogP contribution < -0.4 is 5.32 Å². The Labute approximate surface area is 110 Å². The van der Waals surface area contributed by atoms with Gasteiger partial charge in [-0.05, 0) is 19.3 Å². The molecule has 1 unspecified atom stereocenters. The van der Waals surface area contributed by atoms with Gasteiger partial charge in [0, 0.05) is 25.3 Å². The third-order valence-corrected chi connectivity index (χ3v) is 3.59. The Bertz CT molecular complexity index is 438. The first-order chi connectivity index (χ1) is 8.65. The smallest absolute Gasteiger partial charge is 0.226 e. The highest BCUT2D eigenvalue weighted by atomic mass is 32.1. The molecule has 98 valence electrons. The molecule has 0 radical (unpaired) electrons. The van der Waals surface area contributed by atoms with Crippen molar-refractivity contribution in [2.45, 2.75) is 38.7 Å². The third kappa shape index (κ3) is 3.61. The number of aromatic nitrogens is 1. The Morgan fingerprint density at radius 3 is 3.06 bits per heavy atom. The van der Waals surface area contributed by atoms with E-state index in [0.29, 0.717) is 17.2 Å². The Kier molecular flexibility index (Phi) is 4.43. The SMILES string of the molecule is CC(=O)c1csc(NC(=O)CCC2CCCO2)n1. The van der Waals surface area contributed by atoms with Crippen LogP contribution in [0.25, 0.3) is 0 Å². The zero-order chi connectivity index (χ0) is 13.0. The summed E-state index contributed by atoms with van der Waals surface area (Å²) >= 11 is 1.27. The van der Waals surface area contributed by atoms with E-state index in [9.17, 15) is 9.59 Å². The van der Waals surface area contributed by atoms with Crippen LogP contribution in [-0.2, 0) is 9.53 Å². The Morgan fingerprint density at radius 1 is 1.61 bits per heavy atom. The number of anilines is 1. The summed E-state index contributed by atoms with van der Waals surface area (Å²) in [7, 11) is 0. The predicted molar refractivity (Wildman–Crippen MR) is 69.0 cm³/mol. The van der Waals surface area contributed by atoms with E-state index in [0.717, 1.165) is 25.9 Å². The molecule has 2 heterocycles. The van der Waals surface area contributed by atoms with E-state index in [1.165, 1.54) is 18.3 Å². The van der Waals surface area contributed by atoms with E-state index in [4.69, 9.17) is 4.74 Å². The van der Waals surface area contributed by atoms with Gasteiger partial charge in [-0.3, -0.25) is 9.59 Å². The topological polar surface area (TPSA) is 68.3 Å². The lowest BCUT2D eigenvalue weighted by molar-refractivity contribution is -0.116. The van der Waals surface area contributed by atoms with Gasteiger partial charge >= 0.3 is 0 Å². The fourth-order valence-corrected chi connectivity index (χ4v) is 2.60. The molecular weight excluding hydrogens is 252 g/mol. The number of carbonyl (C=O) groups is 2. The first-order valence-corrected chi connectivity index (χ1v) is 6.91. The van der Waals surface area contributed by atoms with Crippen LogP contribution in [0.2, 0.25) is 0 Å². The summed E-state index contributed by atoms with van der Waals surface area (Å²) in [4.78, 5) is 26.8. The summed E-state index contributed by atoms with van der Waals surface area (Å²) < 4.78 is 5.45. The fraction of sp³-hybridized carbons (Fsp3) is 0.583. The molecule has 1 N–H and O–H groups in total. The van der Waals surface area contributed by atoms with E-state index in [-0.39, 0.29) is 17.8 Å². The lowest BCUT2D eigenvalue weighted by Gasteiger charge is -2.07. The van der Waals surface area contributed by atoms with Crippen molar-refractivity contribution < 1.29 is 14.3 Å². The first-order valence-electron chi connectivity index (χ1n) is 6.03. The molecule has 1 amide bonds. The second kappa shape index (κ2) is 6.06. The highest BCUT2D eigenvalue weighted by molar-refractivity contribution is 7.14. The highest BCUT2D eigenvalue weighted by Gasteiger charge is 2.17. The minimum Gasteiger partial charge on any atom is -0.378 e.